The Bertz CT molecular complexity index is 627. The van der Waals surface area contributed by atoms with Crippen LogP contribution in [0, 0.1) is 5.82 Å². The molecule has 2 aromatic rings. The molecule has 1 aromatic carbocycles. The third-order valence-electron chi connectivity index (χ3n) is 2.72. The van der Waals surface area contributed by atoms with Gasteiger partial charge in [-0.05, 0) is 40.2 Å². The SMILES string of the molecule is Cn1cccc1CNC(=O)c1cc(Cl)cc(F)c1Br. The standard InChI is InChI=1S/C13H11BrClFN2O/c1-18-4-2-3-9(18)7-17-13(19)10-5-8(15)6-11(16)12(10)14/h2-6H,7H2,1H3,(H,17,19). The molecule has 1 heterocycles. The van der Waals surface area contributed by atoms with Crippen molar-refractivity contribution in [2.45, 2.75) is 6.54 Å². The highest BCUT2D eigenvalue weighted by atomic mass is 79.9. The maximum atomic E-state index is 13.5. The zero-order valence-corrected chi connectivity index (χ0v) is 12.4. The highest BCUT2D eigenvalue weighted by molar-refractivity contribution is 9.10. The van der Waals surface area contributed by atoms with Crippen molar-refractivity contribution in [2.75, 3.05) is 0 Å². The summed E-state index contributed by atoms with van der Waals surface area (Å²) in [6.45, 7) is 0.364. The molecule has 0 spiro atoms. The molecule has 0 aliphatic heterocycles. The zero-order valence-electron chi connectivity index (χ0n) is 10.1. The summed E-state index contributed by atoms with van der Waals surface area (Å²) in [6.07, 6.45) is 1.89. The van der Waals surface area contributed by atoms with E-state index < -0.39 is 5.82 Å². The van der Waals surface area contributed by atoms with E-state index in [4.69, 9.17) is 11.6 Å². The number of aromatic nitrogens is 1. The fraction of sp³-hybridized carbons (Fsp3) is 0.154. The van der Waals surface area contributed by atoms with Gasteiger partial charge in [-0.25, -0.2) is 4.39 Å². The number of carbonyl (C=O) groups excluding carboxylic acids is 1. The van der Waals surface area contributed by atoms with Crippen LogP contribution in [0.15, 0.2) is 34.9 Å². The molecule has 3 nitrogen and oxygen atoms in total. The first kappa shape index (κ1) is 14.1. The Morgan fingerprint density at radius 1 is 1.53 bits per heavy atom. The second kappa shape index (κ2) is 5.75. The molecule has 0 radical (unpaired) electrons. The summed E-state index contributed by atoms with van der Waals surface area (Å²) in [5, 5.41) is 2.91. The fourth-order valence-corrected chi connectivity index (χ4v) is 2.28. The van der Waals surface area contributed by atoms with Crippen molar-refractivity contribution >= 4 is 33.4 Å². The minimum absolute atomic E-state index is 0.112. The molecular weight excluding hydrogens is 335 g/mol. The van der Waals surface area contributed by atoms with E-state index in [2.05, 4.69) is 21.2 Å². The molecule has 6 heteroatoms. The van der Waals surface area contributed by atoms with Crippen LogP contribution in [0.4, 0.5) is 4.39 Å². The monoisotopic (exact) mass is 344 g/mol. The summed E-state index contributed by atoms with van der Waals surface area (Å²) in [5.41, 5.74) is 1.13. The van der Waals surface area contributed by atoms with E-state index in [0.717, 1.165) is 11.8 Å². The van der Waals surface area contributed by atoms with Crippen LogP contribution in [0.3, 0.4) is 0 Å². The predicted octanol–water partition coefficient (Wildman–Crippen LogP) is 3.51. The first-order valence-corrected chi connectivity index (χ1v) is 6.69. The molecule has 1 aromatic heterocycles. The summed E-state index contributed by atoms with van der Waals surface area (Å²) in [7, 11) is 1.89. The van der Waals surface area contributed by atoms with Gasteiger partial charge in [0.15, 0.2) is 0 Å². The second-order valence-electron chi connectivity index (χ2n) is 4.04. The molecule has 1 N–H and O–H groups in total. The summed E-state index contributed by atoms with van der Waals surface area (Å²) in [4.78, 5) is 12.0. The molecule has 0 fully saturated rings. The molecule has 0 saturated heterocycles. The third kappa shape index (κ3) is 3.16. The van der Waals surface area contributed by atoms with E-state index in [-0.39, 0.29) is 21.0 Å². The lowest BCUT2D eigenvalue weighted by atomic mass is 10.2. The van der Waals surface area contributed by atoms with Crippen LogP contribution in [0.25, 0.3) is 0 Å². The van der Waals surface area contributed by atoms with Gasteiger partial charge >= 0.3 is 0 Å². The molecule has 0 bridgehead atoms. The van der Waals surface area contributed by atoms with Crippen LogP contribution in [0.5, 0.6) is 0 Å². The number of aryl methyl sites for hydroxylation is 1. The van der Waals surface area contributed by atoms with Gasteiger partial charge in [0.2, 0.25) is 0 Å². The van der Waals surface area contributed by atoms with E-state index in [1.54, 1.807) is 0 Å². The molecule has 0 aliphatic carbocycles. The lowest BCUT2D eigenvalue weighted by molar-refractivity contribution is 0.0949. The van der Waals surface area contributed by atoms with Gasteiger partial charge in [0.1, 0.15) is 5.82 Å². The van der Waals surface area contributed by atoms with Gasteiger partial charge < -0.3 is 9.88 Å². The summed E-state index contributed by atoms with van der Waals surface area (Å²) >= 11 is 8.79. The molecule has 100 valence electrons. The van der Waals surface area contributed by atoms with Crippen LogP contribution in [0.1, 0.15) is 16.1 Å². The van der Waals surface area contributed by atoms with Crippen molar-refractivity contribution in [3.63, 3.8) is 0 Å². The average molecular weight is 346 g/mol. The van der Waals surface area contributed by atoms with Crippen molar-refractivity contribution in [3.05, 3.63) is 57.0 Å². The smallest absolute Gasteiger partial charge is 0.252 e. The van der Waals surface area contributed by atoms with Crippen LogP contribution in [0.2, 0.25) is 5.02 Å². The zero-order chi connectivity index (χ0) is 14.0. The molecule has 0 aliphatic rings. The lowest BCUT2D eigenvalue weighted by Gasteiger charge is -2.09. The first-order chi connectivity index (χ1) is 8.99. The van der Waals surface area contributed by atoms with Crippen LogP contribution in [-0.2, 0) is 13.6 Å². The number of nitrogens with one attached hydrogen (secondary N) is 1. The Balaban J connectivity index is 2.15. The first-order valence-electron chi connectivity index (χ1n) is 5.52. The number of halogens is 3. The molecule has 2 rings (SSSR count). The van der Waals surface area contributed by atoms with Gasteiger partial charge in [0.05, 0.1) is 16.6 Å². The third-order valence-corrected chi connectivity index (χ3v) is 3.74. The Kier molecular flexibility index (Phi) is 4.27. The van der Waals surface area contributed by atoms with Crippen LogP contribution in [-0.4, -0.2) is 10.5 Å². The van der Waals surface area contributed by atoms with Crippen molar-refractivity contribution < 1.29 is 9.18 Å². The normalized spacial score (nSPS) is 10.5. The Morgan fingerprint density at radius 3 is 2.89 bits per heavy atom. The topological polar surface area (TPSA) is 34.0 Å². The number of hydrogen-bond acceptors (Lipinski definition) is 1. The van der Waals surface area contributed by atoms with Crippen LogP contribution >= 0.6 is 27.5 Å². The van der Waals surface area contributed by atoms with E-state index in [1.807, 2.05) is 29.9 Å². The second-order valence-corrected chi connectivity index (χ2v) is 5.27. The Morgan fingerprint density at radius 2 is 2.26 bits per heavy atom. The summed E-state index contributed by atoms with van der Waals surface area (Å²) < 4.78 is 15.5. The minimum atomic E-state index is -0.559. The number of rotatable bonds is 3. The number of benzene rings is 1. The average Bonchev–Trinajstić information content (AvgIpc) is 2.76. The summed E-state index contributed by atoms with van der Waals surface area (Å²) in [6, 6.07) is 6.36. The van der Waals surface area contributed by atoms with Gasteiger partial charge in [-0.2, -0.15) is 0 Å². The largest absolute Gasteiger partial charge is 0.353 e. The molecular formula is C13H11BrClFN2O. The van der Waals surface area contributed by atoms with Gasteiger partial charge in [0.25, 0.3) is 5.91 Å². The van der Waals surface area contributed by atoms with Gasteiger partial charge in [-0.3, -0.25) is 4.79 Å². The van der Waals surface area contributed by atoms with E-state index in [9.17, 15) is 9.18 Å². The van der Waals surface area contributed by atoms with Gasteiger partial charge in [0, 0.05) is 24.0 Å². The number of nitrogens with zero attached hydrogens (tertiary/aromatic N) is 1. The van der Waals surface area contributed by atoms with Crippen molar-refractivity contribution in [1.82, 2.24) is 9.88 Å². The van der Waals surface area contributed by atoms with Crippen molar-refractivity contribution in [3.8, 4) is 0 Å². The fourth-order valence-electron chi connectivity index (χ4n) is 1.67. The minimum Gasteiger partial charge on any atom is -0.353 e. The molecule has 1 amide bonds. The molecule has 0 atom stereocenters. The number of hydrogen-bond donors (Lipinski definition) is 1. The van der Waals surface area contributed by atoms with E-state index in [1.165, 1.54) is 6.07 Å². The Hall–Kier alpha value is -1.33. The number of carbonyl (C=O) groups is 1. The maximum absolute atomic E-state index is 13.5. The van der Waals surface area contributed by atoms with Gasteiger partial charge in [-0.1, -0.05) is 11.6 Å². The highest BCUT2D eigenvalue weighted by Gasteiger charge is 2.15. The molecule has 19 heavy (non-hydrogen) atoms. The van der Waals surface area contributed by atoms with Crippen LogP contribution < -0.4 is 5.32 Å². The maximum Gasteiger partial charge on any atom is 0.252 e. The van der Waals surface area contributed by atoms with E-state index >= 15 is 0 Å². The molecule has 0 unspecified atom stereocenters. The quantitative estimate of drug-likeness (QED) is 0.849. The predicted molar refractivity (Wildman–Crippen MR) is 75.7 cm³/mol. The number of amides is 1. The van der Waals surface area contributed by atoms with E-state index in [0.29, 0.717) is 6.54 Å². The lowest BCUT2D eigenvalue weighted by Crippen LogP contribution is -2.24. The Labute approximate surface area is 123 Å². The van der Waals surface area contributed by atoms with Crippen molar-refractivity contribution in [1.29, 1.82) is 0 Å². The summed E-state index contributed by atoms with van der Waals surface area (Å²) in [5.74, 6) is -0.939. The van der Waals surface area contributed by atoms with Gasteiger partial charge in [-0.15, -0.1) is 0 Å². The molecule has 0 saturated carbocycles. The van der Waals surface area contributed by atoms with Crippen molar-refractivity contribution in [2.24, 2.45) is 7.05 Å². The highest BCUT2D eigenvalue weighted by Crippen LogP contribution is 2.25.